The summed E-state index contributed by atoms with van der Waals surface area (Å²) in [5.74, 6) is 0.165. The number of carbonyl (C=O) groups excluding carboxylic acids is 1. The van der Waals surface area contributed by atoms with Crippen molar-refractivity contribution < 1.29 is 4.79 Å². The van der Waals surface area contributed by atoms with Crippen LogP contribution in [0, 0.1) is 5.92 Å². The Morgan fingerprint density at radius 2 is 1.81 bits per heavy atom. The molecule has 0 radical (unpaired) electrons. The average Bonchev–Trinajstić information content (AvgIpc) is 2.94. The number of aromatic amines is 1. The molecule has 1 saturated heterocycles. The van der Waals surface area contributed by atoms with Crippen LogP contribution >= 0.6 is 23.2 Å². The molecule has 27 heavy (non-hydrogen) atoms. The van der Waals surface area contributed by atoms with Gasteiger partial charge in [-0.15, -0.1) is 0 Å². The SMILES string of the molecule is CC1NNC(C)C1CNC(=O)c1cnc(Cc2c(Cl)cccc2Cl)[nH]c1=O. The first-order valence-corrected chi connectivity index (χ1v) is 9.42. The third kappa shape index (κ3) is 4.50. The second-order valence-corrected chi connectivity index (χ2v) is 7.50. The molecule has 2 heterocycles. The minimum atomic E-state index is -0.496. The molecule has 0 spiro atoms. The molecular formula is C18H21Cl2N5O2. The van der Waals surface area contributed by atoms with E-state index < -0.39 is 11.5 Å². The first-order chi connectivity index (χ1) is 12.9. The normalized spacial score (nSPS) is 22.0. The van der Waals surface area contributed by atoms with Gasteiger partial charge in [-0.1, -0.05) is 29.3 Å². The molecule has 1 amide bonds. The fourth-order valence-electron chi connectivity index (χ4n) is 3.12. The van der Waals surface area contributed by atoms with Gasteiger partial charge in [-0.05, 0) is 31.5 Å². The number of benzene rings is 1. The van der Waals surface area contributed by atoms with Crippen LogP contribution in [0.3, 0.4) is 0 Å². The molecule has 1 aromatic heterocycles. The van der Waals surface area contributed by atoms with E-state index in [0.29, 0.717) is 28.0 Å². The van der Waals surface area contributed by atoms with Gasteiger partial charge in [0.15, 0.2) is 0 Å². The van der Waals surface area contributed by atoms with Crippen LogP contribution in [0.1, 0.15) is 35.6 Å². The van der Waals surface area contributed by atoms with Gasteiger partial charge in [0, 0.05) is 47.2 Å². The summed E-state index contributed by atoms with van der Waals surface area (Å²) in [6.45, 7) is 4.53. The third-order valence-corrected chi connectivity index (χ3v) is 5.53. The van der Waals surface area contributed by atoms with E-state index in [-0.39, 0.29) is 30.0 Å². The third-order valence-electron chi connectivity index (χ3n) is 4.82. The smallest absolute Gasteiger partial charge is 0.263 e. The number of amides is 1. The van der Waals surface area contributed by atoms with Crippen molar-refractivity contribution in [1.29, 1.82) is 0 Å². The van der Waals surface area contributed by atoms with Gasteiger partial charge in [0.05, 0.1) is 0 Å². The Kier molecular flexibility index (Phi) is 6.16. The van der Waals surface area contributed by atoms with Crippen LogP contribution in [-0.4, -0.2) is 34.5 Å². The summed E-state index contributed by atoms with van der Waals surface area (Å²) < 4.78 is 0. The molecule has 1 aliphatic heterocycles. The molecule has 0 aliphatic carbocycles. The first kappa shape index (κ1) is 19.8. The molecule has 3 rings (SSSR count). The van der Waals surface area contributed by atoms with Gasteiger partial charge in [0.2, 0.25) is 0 Å². The van der Waals surface area contributed by atoms with E-state index in [0.717, 1.165) is 0 Å². The van der Waals surface area contributed by atoms with E-state index in [1.807, 2.05) is 13.8 Å². The fourth-order valence-corrected chi connectivity index (χ4v) is 3.65. The van der Waals surface area contributed by atoms with Gasteiger partial charge in [-0.25, -0.2) is 4.98 Å². The maximum absolute atomic E-state index is 12.4. The second-order valence-electron chi connectivity index (χ2n) is 6.69. The number of rotatable bonds is 5. The van der Waals surface area contributed by atoms with Gasteiger partial charge < -0.3 is 10.3 Å². The lowest BCUT2D eigenvalue weighted by atomic mass is 9.97. The van der Waals surface area contributed by atoms with Gasteiger partial charge in [-0.2, -0.15) is 0 Å². The van der Waals surface area contributed by atoms with Crippen LogP contribution < -0.4 is 21.7 Å². The molecule has 2 unspecified atom stereocenters. The van der Waals surface area contributed by atoms with E-state index in [4.69, 9.17) is 23.2 Å². The molecule has 2 aromatic rings. The van der Waals surface area contributed by atoms with Crippen molar-refractivity contribution in [1.82, 2.24) is 26.1 Å². The summed E-state index contributed by atoms with van der Waals surface area (Å²) in [6.07, 6.45) is 1.55. The molecule has 1 aromatic carbocycles. The van der Waals surface area contributed by atoms with Crippen LogP contribution in [0.4, 0.5) is 0 Å². The molecule has 2 atom stereocenters. The maximum Gasteiger partial charge on any atom is 0.263 e. The highest BCUT2D eigenvalue weighted by Crippen LogP contribution is 2.25. The van der Waals surface area contributed by atoms with Crippen molar-refractivity contribution >= 4 is 29.1 Å². The number of hydrazine groups is 1. The van der Waals surface area contributed by atoms with Crippen molar-refractivity contribution in [3.63, 3.8) is 0 Å². The highest BCUT2D eigenvalue weighted by molar-refractivity contribution is 6.36. The Morgan fingerprint density at radius 1 is 1.19 bits per heavy atom. The van der Waals surface area contributed by atoms with E-state index in [1.54, 1.807) is 18.2 Å². The summed E-state index contributed by atoms with van der Waals surface area (Å²) in [5.41, 5.74) is 6.41. The molecular weight excluding hydrogens is 389 g/mol. The minimum absolute atomic E-state index is 0.0248. The van der Waals surface area contributed by atoms with Crippen molar-refractivity contribution in [2.24, 2.45) is 5.92 Å². The van der Waals surface area contributed by atoms with Crippen LogP contribution in [0.15, 0.2) is 29.2 Å². The van der Waals surface area contributed by atoms with Crippen molar-refractivity contribution in [3.05, 3.63) is 61.7 Å². The number of nitrogens with zero attached hydrogens (tertiary/aromatic N) is 1. The standard InChI is InChI=1S/C18H21Cl2N5O2/c1-9-12(10(2)25-24-9)7-22-17(26)13-8-21-16(23-18(13)27)6-11-14(19)4-3-5-15(11)20/h3-5,8-10,12,24-25H,6-7H2,1-2H3,(H,22,26)(H,21,23,27). The summed E-state index contributed by atoms with van der Waals surface area (Å²) >= 11 is 12.3. The molecule has 0 saturated carbocycles. The lowest BCUT2D eigenvalue weighted by Crippen LogP contribution is -2.39. The number of hydrogen-bond acceptors (Lipinski definition) is 5. The summed E-state index contributed by atoms with van der Waals surface area (Å²) in [5, 5.41) is 3.80. The maximum atomic E-state index is 12.4. The Labute approximate surface area is 166 Å². The molecule has 1 fully saturated rings. The number of H-pyrrole nitrogens is 1. The Balaban J connectivity index is 1.69. The van der Waals surface area contributed by atoms with E-state index >= 15 is 0 Å². The number of halogens is 2. The zero-order valence-corrected chi connectivity index (χ0v) is 16.5. The minimum Gasteiger partial charge on any atom is -0.351 e. The Morgan fingerprint density at radius 3 is 2.41 bits per heavy atom. The van der Waals surface area contributed by atoms with Crippen LogP contribution in [0.25, 0.3) is 0 Å². The monoisotopic (exact) mass is 409 g/mol. The predicted octanol–water partition coefficient (Wildman–Crippen LogP) is 1.90. The average molecular weight is 410 g/mol. The number of carbonyl (C=O) groups is 1. The van der Waals surface area contributed by atoms with E-state index in [2.05, 4.69) is 26.1 Å². The zero-order chi connectivity index (χ0) is 19.6. The Hall–Kier alpha value is -1.93. The molecule has 1 aliphatic rings. The quantitative estimate of drug-likeness (QED) is 0.604. The molecule has 144 valence electrons. The van der Waals surface area contributed by atoms with Gasteiger partial charge in [0.1, 0.15) is 11.4 Å². The molecule has 4 N–H and O–H groups in total. The van der Waals surface area contributed by atoms with Crippen molar-refractivity contribution in [3.8, 4) is 0 Å². The van der Waals surface area contributed by atoms with Gasteiger partial charge in [0.25, 0.3) is 11.5 Å². The van der Waals surface area contributed by atoms with Crippen LogP contribution in [0.5, 0.6) is 0 Å². The number of nitrogens with one attached hydrogen (secondary N) is 4. The van der Waals surface area contributed by atoms with E-state index in [9.17, 15) is 9.59 Å². The highest BCUT2D eigenvalue weighted by Gasteiger charge is 2.30. The van der Waals surface area contributed by atoms with Gasteiger partial charge >= 0.3 is 0 Å². The number of hydrogen-bond donors (Lipinski definition) is 4. The first-order valence-electron chi connectivity index (χ1n) is 8.67. The number of aromatic nitrogens is 2. The lowest BCUT2D eigenvalue weighted by Gasteiger charge is -2.18. The summed E-state index contributed by atoms with van der Waals surface area (Å²) in [7, 11) is 0. The summed E-state index contributed by atoms with van der Waals surface area (Å²) in [4.78, 5) is 31.5. The van der Waals surface area contributed by atoms with Crippen LogP contribution in [0.2, 0.25) is 10.0 Å². The van der Waals surface area contributed by atoms with E-state index in [1.165, 1.54) is 6.20 Å². The van der Waals surface area contributed by atoms with Crippen molar-refractivity contribution in [2.75, 3.05) is 6.54 Å². The highest BCUT2D eigenvalue weighted by atomic mass is 35.5. The topological polar surface area (TPSA) is 98.9 Å². The fraction of sp³-hybridized carbons (Fsp3) is 0.389. The van der Waals surface area contributed by atoms with Crippen LogP contribution in [-0.2, 0) is 6.42 Å². The largest absolute Gasteiger partial charge is 0.351 e. The van der Waals surface area contributed by atoms with Crippen molar-refractivity contribution in [2.45, 2.75) is 32.4 Å². The molecule has 7 nitrogen and oxygen atoms in total. The molecule has 9 heteroatoms. The van der Waals surface area contributed by atoms with Gasteiger partial charge in [-0.3, -0.25) is 20.4 Å². The lowest BCUT2D eigenvalue weighted by molar-refractivity contribution is 0.0943. The molecule has 0 bridgehead atoms. The zero-order valence-electron chi connectivity index (χ0n) is 15.0. The predicted molar refractivity (Wildman–Crippen MR) is 105 cm³/mol. The second kappa shape index (κ2) is 8.39. The summed E-state index contributed by atoms with van der Waals surface area (Å²) in [6, 6.07) is 5.63. The Bertz CT molecular complexity index is 871.